The second-order valence-electron chi connectivity index (χ2n) is 5.89. The Bertz CT molecular complexity index is 632. The van der Waals surface area contributed by atoms with Gasteiger partial charge in [-0.3, -0.25) is 0 Å². The van der Waals surface area contributed by atoms with Crippen molar-refractivity contribution in [2.24, 2.45) is 0 Å². The third kappa shape index (κ3) is 3.08. The largest absolute Gasteiger partial charge is 0.464 e. The smallest absolute Gasteiger partial charge is 0.132 e. The average molecular weight is 287 g/mol. The summed E-state index contributed by atoms with van der Waals surface area (Å²) in [4.78, 5) is 11.1. The maximum atomic E-state index is 9.46. The van der Waals surface area contributed by atoms with Crippen molar-refractivity contribution in [2.75, 3.05) is 11.9 Å². The van der Waals surface area contributed by atoms with Crippen LogP contribution < -0.4 is 4.90 Å². The van der Waals surface area contributed by atoms with Gasteiger partial charge in [0.2, 0.25) is 0 Å². The number of aliphatic hydroxyl groups excluding tert-OH is 1. The second kappa shape index (κ2) is 5.48. The predicted molar refractivity (Wildman–Crippen MR) is 80.3 cm³/mol. The minimum atomic E-state index is -0.169. The van der Waals surface area contributed by atoms with Crippen molar-refractivity contribution in [3.05, 3.63) is 41.2 Å². The van der Waals surface area contributed by atoms with E-state index in [1.54, 1.807) is 0 Å². The highest BCUT2D eigenvalue weighted by Crippen LogP contribution is 2.36. The summed E-state index contributed by atoms with van der Waals surface area (Å²) in [6.45, 7) is 4.53. The summed E-state index contributed by atoms with van der Waals surface area (Å²) in [6, 6.07) is 5.98. The standard InChI is InChI=1S/C16H21N3O2/c1-10-4-5-14(21-10)9-19(3)16-8-15(17-11(2)18-16)12-6-13(20)7-12/h4-5,8,12-13,20H,6-7,9H2,1-3H3. The summed E-state index contributed by atoms with van der Waals surface area (Å²) in [6.07, 6.45) is 1.44. The molecule has 0 aliphatic heterocycles. The fourth-order valence-electron chi connectivity index (χ4n) is 2.69. The molecule has 0 atom stereocenters. The number of aromatic nitrogens is 2. The first-order valence-corrected chi connectivity index (χ1v) is 7.31. The zero-order valence-corrected chi connectivity index (χ0v) is 12.7. The van der Waals surface area contributed by atoms with Gasteiger partial charge in [-0.25, -0.2) is 9.97 Å². The molecule has 2 aromatic rings. The number of furan rings is 1. The lowest BCUT2D eigenvalue weighted by atomic mass is 9.80. The number of hydrogen-bond donors (Lipinski definition) is 1. The molecule has 1 aliphatic rings. The van der Waals surface area contributed by atoms with E-state index in [9.17, 15) is 5.11 Å². The Kier molecular flexibility index (Phi) is 3.68. The molecule has 0 saturated heterocycles. The van der Waals surface area contributed by atoms with Crippen LogP contribution in [0, 0.1) is 13.8 Å². The molecule has 0 unspecified atom stereocenters. The lowest BCUT2D eigenvalue weighted by Crippen LogP contribution is -2.28. The summed E-state index contributed by atoms with van der Waals surface area (Å²) >= 11 is 0. The van der Waals surface area contributed by atoms with Crippen molar-refractivity contribution in [1.82, 2.24) is 9.97 Å². The normalized spacial score (nSPS) is 21.1. The Labute approximate surface area is 124 Å². The molecule has 2 heterocycles. The Hall–Kier alpha value is -1.88. The van der Waals surface area contributed by atoms with Crippen LogP contribution in [0.4, 0.5) is 5.82 Å². The van der Waals surface area contributed by atoms with Crippen LogP contribution in [-0.2, 0) is 6.54 Å². The van der Waals surface area contributed by atoms with Crippen molar-refractivity contribution >= 4 is 5.82 Å². The van der Waals surface area contributed by atoms with Crippen molar-refractivity contribution in [3.8, 4) is 0 Å². The molecule has 0 radical (unpaired) electrons. The first-order chi connectivity index (χ1) is 10.0. The fraction of sp³-hybridized carbons (Fsp3) is 0.500. The van der Waals surface area contributed by atoms with Gasteiger partial charge in [0.25, 0.3) is 0 Å². The molecule has 0 aromatic carbocycles. The first-order valence-electron chi connectivity index (χ1n) is 7.31. The minimum absolute atomic E-state index is 0.169. The SMILES string of the molecule is Cc1nc(C2CC(O)C2)cc(N(C)Cc2ccc(C)o2)n1. The highest BCUT2D eigenvalue weighted by atomic mass is 16.3. The van der Waals surface area contributed by atoms with Crippen LogP contribution >= 0.6 is 0 Å². The van der Waals surface area contributed by atoms with Crippen LogP contribution in [-0.4, -0.2) is 28.2 Å². The monoisotopic (exact) mass is 287 g/mol. The van der Waals surface area contributed by atoms with Crippen molar-refractivity contribution in [3.63, 3.8) is 0 Å². The molecular formula is C16H21N3O2. The van der Waals surface area contributed by atoms with Gasteiger partial charge in [-0.05, 0) is 38.8 Å². The van der Waals surface area contributed by atoms with Gasteiger partial charge in [-0.15, -0.1) is 0 Å². The number of rotatable bonds is 4. The van der Waals surface area contributed by atoms with Gasteiger partial charge < -0.3 is 14.4 Å². The van der Waals surface area contributed by atoms with E-state index in [0.29, 0.717) is 12.5 Å². The Morgan fingerprint density at radius 2 is 2.05 bits per heavy atom. The molecule has 0 amide bonds. The topological polar surface area (TPSA) is 62.4 Å². The average Bonchev–Trinajstić information content (AvgIpc) is 2.79. The molecule has 0 bridgehead atoms. The van der Waals surface area contributed by atoms with Crippen LogP contribution in [0.15, 0.2) is 22.6 Å². The predicted octanol–water partition coefficient (Wildman–Crippen LogP) is 2.56. The van der Waals surface area contributed by atoms with E-state index >= 15 is 0 Å². The molecule has 1 saturated carbocycles. The molecule has 3 rings (SSSR count). The number of anilines is 1. The molecule has 5 nitrogen and oxygen atoms in total. The highest BCUT2D eigenvalue weighted by molar-refractivity contribution is 5.40. The molecule has 1 aliphatic carbocycles. The van der Waals surface area contributed by atoms with E-state index in [0.717, 1.165) is 41.7 Å². The van der Waals surface area contributed by atoms with Crippen LogP contribution in [0.2, 0.25) is 0 Å². The maximum absolute atomic E-state index is 9.46. The van der Waals surface area contributed by atoms with Crippen LogP contribution in [0.3, 0.4) is 0 Å². The fourth-order valence-corrected chi connectivity index (χ4v) is 2.69. The lowest BCUT2D eigenvalue weighted by Gasteiger charge is -2.31. The van der Waals surface area contributed by atoms with E-state index in [-0.39, 0.29) is 6.10 Å². The third-order valence-electron chi connectivity index (χ3n) is 3.96. The van der Waals surface area contributed by atoms with Crippen molar-refractivity contribution in [1.29, 1.82) is 0 Å². The first kappa shape index (κ1) is 14.1. The number of nitrogens with zero attached hydrogens (tertiary/aromatic N) is 3. The van der Waals surface area contributed by atoms with Crippen molar-refractivity contribution in [2.45, 2.75) is 45.3 Å². The van der Waals surface area contributed by atoms with Gasteiger partial charge in [-0.2, -0.15) is 0 Å². The van der Waals surface area contributed by atoms with E-state index < -0.39 is 0 Å². The van der Waals surface area contributed by atoms with Gasteiger partial charge >= 0.3 is 0 Å². The Morgan fingerprint density at radius 3 is 2.67 bits per heavy atom. The molecule has 5 heteroatoms. The summed E-state index contributed by atoms with van der Waals surface area (Å²) in [5.74, 6) is 3.87. The third-order valence-corrected chi connectivity index (χ3v) is 3.96. The highest BCUT2D eigenvalue weighted by Gasteiger charge is 2.30. The number of aryl methyl sites for hydroxylation is 2. The second-order valence-corrected chi connectivity index (χ2v) is 5.89. The van der Waals surface area contributed by atoms with Gasteiger partial charge in [0, 0.05) is 24.7 Å². The van der Waals surface area contributed by atoms with Gasteiger partial charge in [0.1, 0.15) is 23.2 Å². The molecule has 2 aromatic heterocycles. The zero-order chi connectivity index (χ0) is 15.0. The molecule has 1 N–H and O–H groups in total. The van der Waals surface area contributed by atoms with Crippen LogP contribution in [0.25, 0.3) is 0 Å². The molecule has 112 valence electrons. The quantitative estimate of drug-likeness (QED) is 0.936. The number of hydrogen-bond acceptors (Lipinski definition) is 5. The lowest BCUT2D eigenvalue weighted by molar-refractivity contribution is 0.0731. The van der Waals surface area contributed by atoms with Gasteiger partial charge in [0.15, 0.2) is 0 Å². The minimum Gasteiger partial charge on any atom is -0.464 e. The maximum Gasteiger partial charge on any atom is 0.132 e. The molecule has 0 spiro atoms. The Morgan fingerprint density at radius 1 is 1.29 bits per heavy atom. The van der Waals surface area contributed by atoms with E-state index in [1.165, 1.54) is 0 Å². The number of aliphatic hydroxyl groups is 1. The Balaban J connectivity index is 1.77. The summed E-state index contributed by atoms with van der Waals surface area (Å²) in [7, 11) is 2.00. The van der Waals surface area contributed by atoms with E-state index in [4.69, 9.17) is 4.42 Å². The van der Waals surface area contributed by atoms with Gasteiger partial charge in [-0.1, -0.05) is 0 Å². The summed E-state index contributed by atoms with van der Waals surface area (Å²) in [5, 5.41) is 9.46. The zero-order valence-electron chi connectivity index (χ0n) is 12.7. The van der Waals surface area contributed by atoms with E-state index in [2.05, 4.69) is 14.9 Å². The molecular weight excluding hydrogens is 266 g/mol. The van der Waals surface area contributed by atoms with Crippen molar-refractivity contribution < 1.29 is 9.52 Å². The van der Waals surface area contributed by atoms with Gasteiger partial charge in [0.05, 0.1) is 12.6 Å². The summed E-state index contributed by atoms with van der Waals surface area (Å²) in [5.41, 5.74) is 1.03. The molecule has 1 fully saturated rings. The summed E-state index contributed by atoms with van der Waals surface area (Å²) < 4.78 is 5.61. The molecule has 21 heavy (non-hydrogen) atoms. The van der Waals surface area contributed by atoms with Crippen LogP contribution in [0.5, 0.6) is 0 Å². The van der Waals surface area contributed by atoms with E-state index in [1.807, 2.05) is 39.1 Å². The van der Waals surface area contributed by atoms with Crippen LogP contribution in [0.1, 0.15) is 41.8 Å².